The molecule has 0 aliphatic heterocycles. The van der Waals surface area contributed by atoms with Gasteiger partial charge < -0.3 is 10.7 Å². The summed E-state index contributed by atoms with van der Waals surface area (Å²) >= 11 is 0. The topological polar surface area (TPSA) is 54.7 Å². The van der Waals surface area contributed by atoms with E-state index in [2.05, 4.69) is 42.0 Å². The molecule has 0 fully saturated rings. The number of nitrogens with zero attached hydrogens (tertiary/aromatic N) is 1. The zero-order valence-electron chi connectivity index (χ0n) is 8.33. The number of rotatable bonds is 1. The van der Waals surface area contributed by atoms with Gasteiger partial charge in [0.25, 0.3) is 0 Å². The van der Waals surface area contributed by atoms with Crippen LogP contribution in [0.4, 0.5) is 5.82 Å². The molecule has 0 atom stereocenters. The number of nitrogens with two attached hydrogens (primary N) is 1. The first-order chi connectivity index (χ1) is 6.68. The van der Waals surface area contributed by atoms with E-state index in [-0.39, 0.29) is 0 Å². The second-order valence-corrected chi connectivity index (χ2v) is 3.48. The van der Waals surface area contributed by atoms with Crippen LogP contribution in [0.25, 0.3) is 11.3 Å². The summed E-state index contributed by atoms with van der Waals surface area (Å²) in [5, 5.41) is 0. The molecule has 72 valence electrons. The van der Waals surface area contributed by atoms with E-state index >= 15 is 0 Å². The van der Waals surface area contributed by atoms with Crippen LogP contribution in [0.3, 0.4) is 0 Å². The van der Waals surface area contributed by atoms with Gasteiger partial charge in [-0.3, -0.25) is 0 Å². The van der Waals surface area contributed by atoms with E-state index in [1.54, 1.807) is 6.33 Å². The van der Waals surface area contributed by atoms with Gasteiger partial charge >= 0.3 is 0 Å². The van der Waals surface area contributed by atoms with E-state index in [1.165, 1.54) is 11.1 Å². The Morgan fingerprint density at radius 1 is 1.29 bits per heavy atom. The highest BCUT2D eigenvalue weighted by Gasteiger charge is 2.07. The average molecular weight is 187 g/mol. The lowest BCUT2D eigenvalue weighted by molar-refractivity contribution is 1.30. The van der Waals surface area contributed by atoms with Gasteiger partial charge in [0.15, 0.2) is 0 Å². The van der Waals surface area contributed by atoms with Crippen LogP contribution in [0, 0.1) is 13.8 Å². The fourth-order valence-corrected chi connectivity index (χ4v) is 1.53. The SMILES string of the molecule is Cc1ccc(C)c(-c2[nH]cnc2N)c1. The molecular formula is C11H13N3. The van der Waals surface area contributed by atoms with Crippen LogP contribution < -0.4 is 5.73 Å². The van der Waals surface area contributed by atoms with Gasteiger partial charge in [-0.05, 0) is 25.5 Å². The van der Waals surface area contributed by atoms with Crippen molar-refractivity contribution in [2.75, 3.05) is 5.73 Å². The predicted octanol–water partition coefficient (Wildman–Crippen LogP) is 2.28. The molecule has 1 heterocycles. The molecule has 0 aliphatic rings. The van der Waals surface area contributed by atoms with Gasteiger partial charge in [0, 0.05) is 5.56 Å². The van der Waals surface area contributed by atoms with Crippen molar-refractivity contribution in [1.82, 2.24) is 9.97 Å². The Morgan fingerprint density at radius 3 is 2.71 bits per heavy atom. The van der Waals surface area contributed by atoms with Crippen LogP contribution in [0.1, 0.15) is 11.1 Å². The quantitative estimate of drug-likeness (QED) is 0.719. The van der Waals surface area contributed by atoms with Crippen molar-refractivity contribution >= 4 is 5.82 Å². The Labute approximate surface area is 83.0 Å². The number of anilines is 1. The number of aryl methyl sites for hydroxylation is 2. The zero-order valence-corrected chi connectivity index (χ0v) is 8.33. The van der Waals surface area contributed by atoms with Gasteiger partial charge in [-0.1, -0.05) is 17.7 Å². The molecule has 2 aromatic rings. The standard InChI is InChI=1S/C11H13N3/c1-7-3-4-8(2)9(5-7)10-11(12)14-6-13-10/h3-6H,12H2,1-2H3,(H,13,14). The van der Waals surface area contributed by atoms with Crippen LogP contribution >= 0.6 is 0 Å². The first kappa shape index (κ1) is 8.81. The van der Waals surface area contributed by atoms with Crippen molar-refractivity contribution in [2.24, 2.45) is 0 Å². The summed E-state index contributed by atoms with van der Waals surface area (Å²) in [6, 6.07) is 6.29. The zero-order chi connectivity index (χ0) is 10.1. The third kappa shape index (κ3) is 1.37. The van der Waals surface area contributed by atoms with Gasteiger partial charge in [0.05, 0.1) is 12.0 Å². The molecule has 0 aliphatic carbocycles. The van der Waals surface area contributed by atoms with Crippen LogP contribution in [0.15, 0.2) is 24.5 Å². The van der Waals surface area contributed by atoms with Crippen LogP contribution in [0.5, 0.6) is 0 Å². The highest BCUT2D eigenvalue weighted by Crippen LogP contribution is 2.26. The van der Waals surface area contributed by atoms with E-state index in [0.717, 1.165) is 11.3 Å². The Balaban J connectivity index is 2.62. The summed E-state index contributed by atoms with van der Waals surface area (Å²) in [6.45, 7) is 4.13. The highest BCUT2D eigenvalue weighted by atomic mass is 15.0. The van der Waals surface area contributed by atoms with E-state index in [4.69, 9.17) is 5.73 Å². The molecule has 1 aromatic heterocycles. The van der Waals surface area contributed by atoms with Crippen molar-refractivity contribution in [3.8, 4) is 11.3 Å². The number of hydrogen-bond acceptors (Lipinski definition) is 2. The van der Waals surface area contributed by atoms with E-state index < -0.39 is 0 Å². The fraction of sp³-hybridized carbons (Fsp3) is 0.182. The maximum atomic E-state index is 5.75. The van der Waals surface area contributed by atoms with Gasteiger partial charge in [0.2, 0.25) is 0 Å². The number of aromatic amines is 1. The molecule has 0 unspecified atom stereocenters. The third-order valence-corrected chi connectivity index (χ3v) is 2.33. The highest BCUT2D eigenvalue weighted by molar-refractivity contribution is 5.73. The summed E-state index contributed by atoms with van der Waals surface area (Å²) in [4.78, 5) is 7.04. The van der Waals surface area contributed by atoms with Crippen molar-refractivity contribution in [3.63, 3.8) is 0 Å². The molecule has 0 bridgehead atoms. The first-order valence-corrected chi connectivity index (χ1v) is 4.55. The molecule has 0 amide bonds. The Morgan fingerprint density at radius 2 is 2.07 bits per heavy atom. The molecule has 3 nitrogen and oxygen atoms in total. The molecule has 0 spiro atoms. The number of benzene rings is 1. The number of aromatic nitrogens is 2. The van der Waals surface area contributed by atoms with E-state index in [0.29, 0.717) is 5.82 Å². The minimum absolute atomic E-state index is 0.554. The van der Waals surface area contributed by atoms with Gasteiger partial charge in [-0.15, -0.1) is 0 Å². The molecule has 14 heavy (non-hydrogen) atoms. The molecule has 0 radical (unpaired) electrons. The maximum absolute atomic E-state index is 5.75. The van der Waals surface area contributed by atoms with Crippen molar-refractivity contribution in [2.45, 2.75) is 13.8 Å². The van der Waals surface area contributed by atoms with Crippen LogP contribution in [-0.4, -0.2) is 9.97 Å². The van der Waals surface area contributed by atoms with Gasteiger partial charge in [0.1, 0.15) is 5.82 Å². The molecule has 3 heteroatoms. The second kappa shape index (κ2) is 3.18. The summed E-state index contributed by atoms with van der Waals surface area (Å²) in [5.74, 6) is 0.554. The van der Waals surface area contributed by atoms with Crippen molar-refractivity contribution in [1.29, 1.82) is 0 Å². The number of nitrogen functional groups attached to an aromatic ring is 1. The smallest absolute Gasteiger partial charge is 0.149 e. The number of nitrogens with one attached hydrogen (secondary N) is 1. The van der Waals surface area contributed by atoms with Crippen LogP contribution in [0.2, 0.25) is 0 Å². The number of H-pyrrole nitrogens is 1. The molecule has 3 N–H and O–H groups in total. The number of hydrogen-bond donors (Lipinski definition) is 2. The minimum Gasteiger partial charge on any atom is -0.382 e. The lowest BCUT2D eigenvalue weighted by atomic mass is 10.0. The summed E-state index contributed by atoms with van der Waals surface area (Å²) in [7, 11) is 0. The molecule has 0 saturated heterocycles. The van der Waals surface area contributed by atoms with Crippen molar-refractivity contribution in [3.05, 3.63) is 35.7 Å². The molecule has 0 saturated carbocycles. The van der Waals surface area contributed by atoms with Crippen LogP contribution in [-0.2, 0) is 0 Å². The molecular weight excluding hydrogens is 174 g/mol. The van der Waals surface area contributed by atoms with Gasteiger partial charge in [-0.2, -0.15) is 0 Å². The average Bonchev–Trinajstić information content (AvgIpc) is 2.56. The van der Waals surface area contributed by atoms with E-state index in [1.807, 2.05) is 0 Å². The second-order valence-electron chi connectivity index (χ2n) is 3.48. The van der Waals surface area contributed by atoms with Crippen molar-refractivity contribution < 1.29 is 0 Å². The number of imidazole rings is 1. The monoisotopic (exact) mass is 187 g/mol. The normalized spacial score (nSPS) is 10.4. The van der Waals surface area contributed by atoms with E-state index in [9.17, 15) is 0 Å². The minimum atomic E-state index is 0.554. The summed E-state index contributed by atoms with van der Waals surface area (Å²) in [5.41, 5.74) is 10.2. The first-order valence-electron chi connectivity index (χ1n) is 4.55. The summed E-state index contributed by atoms with van der Waals surface area (Å²) < 4.78 is 0. The Hall–Kier alpha value is -1.77. The molecule has 2 rings (SSSR count). The lowest BCUT2D eigenvalue weighted by Crippen LogP contribution is -1.91. The summed E-state index contributed by atoms with van der Waals surface area (Å²) in [6.07, 6.45) is 1.62. The Kier molecular flexibility index (Phi) is 2.00. The lowest BCUT2D eigenvalue weighted by Gasteiger charge is -2.05. The Bertz CT molecular complexity index is 457. The molecule has 1 aromatic carbocycles. The predicted molar refractivity (Wildman–Crippen MR) is 57.9 cm³/mol. The fourth-order valence-electron chi connectivity index (χ4n) is 1.53. The maximum Gasteiger partial charge on any atom is 0.149 e. The largest absolute Gasteiger partial charge is 0.382 e. The van der Waals surface area contributed by atoms with Gasteiger partial charge in [-0.25, -0.2) is 4.98 Å². The third-order valence-electron chi connectivity index (χ3n) is 2.33.